The molecule has 0 heterocycles. The van der Waals surface area contributed by atoms with Gasteiger partial charge in [0.1, 0.15) is 6.04 Å². The number of nitrogens with one attached hydrogen (secondary N) is 4. The summed E-state index contributed by atoms with van der Waals surface area (Å²) >= 11 is 0. The maximum atomic E-state index is 12.5. The van der Waals surface area contributed by atoms with E-state index in [4.69, 9.17) is 0 Å². The summed E-state index contributed by atoms with van der Waals surface area (Å²) in [6, 6.07) is 8.20. The van der Waals surface area contributed by atoms with Crippen molar-refractivity contribution in [3.8, 4) is 0 Å². The Morgan fingerprint density at radius 3 is 2.03 bits per heavy atom. The van der Waals surface area contributed by atoms with Crippen LogP contribution in [-0.2, 0) is 30.4 Å². The number of ketones is 1. The highest BCUT2D eigenvalue weighted by molar-refractivity contribution is 5.93. The van der Waals surface area contributed by atoms with Crippen LogP contribution >= 0.6 is 0 Å². The van der Waals surface area contributed by atoms with E-state index in [1.165, 1.54) is 6.92 Å². The van der Waals surface area contributed by atoms with E-state index in [0.717, 1.165) is 5.56 Å². The summed E-state index contributed by atoms with van der Waals surface area (Å²) in [6.45, 7) is 4.04. The van der Waals surface area contributed by atoms with Crippen LogP contribution in [-0.4, -0.2) is 55.1 Å². The van der Waals surface area contributed by atoms with E-state index in [2.05, 4.69) is 21.3 Å². The Kier molecular flexibility index (Phi) is 10.1. The fourth-order valence-electron chi connectivity index (χ4n) is 2.25. The van der Waals surface area contributed by atoms with Gasteiger partial charge >= 0.3 is 0 Å². The van der Waals surface area contributed by atoms with E-state index in [0.29, 0.717) is 0 Å². The molecule has 0 aromatic heterocycles. The first kappa shape index (κ1) is 23.8. The average molecular weight is 404 g/mol. The number of Topliss-reactive ketones (excluding diaryl/α,β-unsaturated/α-hetero) is 1. The number of amides is 4. The molecule has 0 saturated carbocycles. The predicted molar refractivity (Wildman–Crippen MR) is 107 cm³/mol. The van der Waals surface area contributed by atoms with Crippen molar-refractivity contribution in [2.45, 2.75) is 33.2 Å². The molecule has 0 aliphatic rings. The van der Waals surface area contributed by atoms with E-state index in [-0.39, 0.29) is 43.7 Å². The minimum absolute atomic E-state index is 0.117. The standard InChI is InChI=1S/C20H28N4O5/c1-13(2)17(26)10-23-20(29)16(9-15-7-5-4-6-8-15)24-19(28)12-22-18(27)11-21-14(3)25/h4-8,13,16H,9-12H2,1-3H3,(H,21,25)(H,22,27)(H,23,29)(H,24,28). The van der Waals surface area contributed by atoms with Gasteiger partial charge in [0.25, 0.3) is 0 Å². The van der Waals surface area contributed by atoms with Gasteiger partial charge in [-0.15, -0.1) is 0 Å². The van der Waals surface area contributed by atoms with Crippen LogP contribution in [0.5, 0.6) is 0 Å². The van der Waals surface area contributed by atoms with Gasteiger partial charge in [0.15, 0.2) is 5.78 Å². The smallest absolute Gasteiger partial charge is 0.243 e. The molecule has 0 aliphatic heterocycles. The minimum atomic E-state index is -0.905. The van der Waals surface area contributed by atoms with E-state index in [1.54, 1.807) is 13.8 Å². The maximum Gasteiger partial charge on any atom is 0.243 e. The SMILES string of the molecule is CC(=O)NCC(=O)NCC(=O)NC(Cc1ccccc1)C(=O)NCC(=O)C(C)C. The highest BCUT2D eigenvalue weighted by Gasteiger charge is 2.22. The van der Waals surface area contributed by atoms with Gasteiger partial charge in [-0.25, -0.2) is 0 Å². The summed E-state index contributed by atoms with van der Waals surface area (Å²) in [5.41, 5.74) is 0.831. The van der Waals surface area contributed by atoms with Crippen LogP contribution in [0.15, 0.2) is 30.3 Å². The Morgan fingerprint density at radius 2 is 1.45 bits per heavy atom. The van der Waals surface area contributed by atoms with Gasteiger partial charge in [-0.3, -0.25) is 24.0 Å². The number of hydrogen-bond donors (Lipinski definition) is 4. The minimum Gasteiger partial charge on any atom is -0.347 e. The first-order valence-electron chi connectivity index (χ1n) is 9.34. The van der Waals surface area contributed by atoms with Crippen LogP contribution in [0, 0.1) is 5.92 Å². The lowest BCUT2D eigenvalue weighted by Gasteiger charge is -2.19. The molecule has 4 N–H and O–H groups in total. The van der Waals surface area contributed by atoms with Crippen molar-refractivity contribution < 1.29 is 24.0 Å². The molecule has 0 fully saturated rings. The monoisotopic (exact) mass is 404 g/mol. The zero-order valence-corrected chi connectivity index (χ0v) is 16.9. The number of hydrogen-bond acceptors (Lipinski definition) is 5. The third-order valence-corrected chi connectivity index (χ3v) is 3.96. The Labute approximate surface area is 170 Å². The molecule has 158 valence electrons. The average Bonchev–Trinajstić information content (AvgIpc) is 2.68. The Balaban J connectivity index is 2.66. The molecule has 0 aliphatic carbocycles. The molecule has 0 bridgehead atoms. The van der Waals surface area contributed by atoms with E-state index in [9.17, 15) is 24.0 Å². The number of carbonyl (C=O) groups is 5. The van der Waals surface area contributed by atoms with Crippen molar-refractivity contribution in [3.63, 3.8) is 0 Å². The lowest BCUT2D eigenvalue weighted by molar-refractivity contribution is -0.131. The first-order valence-corrected chi connectivity index (χ1v) is 9.34. The molecule has 4 amide bonds. The van der Waals surface area contributed by atoms with Crippen molar-refractivity contribution >= 4 is 29.4 Å². The lowest BCUT2D eigenvalue weighted by Crippen LogP contribution is -2.51. The summed E-state index contributed by atoms with van der Waals surface area (Å²) in [7, 11) is 0. The largest absolute Gasteiger partial charge is 0.347 e. The van der Waals surface area contributed by atoms with Gasteiger partial charge in [-0.2, -0.15) is 0 Å². The maximum absolute atomic E-state index is 12.5. The zero-order chi connectivity index (χ0) is 21.8. The van der Waals surface area contributed by atoms with Crippen molar-refractivity contribution in [3.05, 3.63) is 35.9 Å². The van der Waals surface area contributed by atoms with Gasteiger partial charge in [0.2, 0.25) is 23.6 Å². The molecule has 0 spiro atoms. The van der Waals surface area contributed by atoms with Crippen LogP contribution in [0.3, 0.4) is 0 Å². The fourth-order valence-corrected chi connectivity index (χ4v) is 2.25. The summed E-state index contributed by atoms with van der Waals surface area (Å²) in [5, 5.41) is 9.80. The third kappa shape index (κ3) is 10.0. The van der Waals surface area contributed by atoms with Gasteiger partial charge in [0, 0.05) is 19.3 Å². The van der Waals surface area contributed by atoms with Crippen molar-refractivity contribution in [2.24, 2.45) is 5.92 Å². The van der Waals surface area contributed by atoms with Crippen molar-refractivity contribution in [1.82, 2.24) is 21.3 Å². The molecule has 1 aromatic carbocycles. The van der Waals surface area contributed by atoms with Gasteiger partial charge in [0.05, 0.1) is 19.6 Å². The molecule has 0 radical (unpaired) electrons. The van der Waals surface area contributed by atoms with Gasteiger partial charge < -0.3 is 21.3 Å². The second-order valence-corrected chi connectivity index (χ2v) is 6.84. The normalized spacial score (nSPS) is 11.3. The molecule has 0 saturated heterocycles. The second kappa shape index (κ2) is 12.3. The van der Waals surface area contributed by atoms with Crippen molar-refractivity contribution in [1.29, 1.82) is 0 Å². The molecule has 1 unspecified atom stereocenters. The third-order valence-electron chi connectivity index (χ3n) is 3.96. The predicted octanol–water partition coefficient (Wildman–Crippen LogP) is -0.692. The summed E-state index contributed by atoms with van der Waals surface area (Å²) < 4.78 is 0. The number of carbonyl (C=O) groups excluding carboxylic acids is 5. The summed E-state index contributed by atoms with van der Waals surface area (Å²) in [5.74, 6) is -2.26. The van der Waals surface area contributed by atoms with E-state index < -0.39 is 23.8 Å². The van der Waals surface area contributed by atoms with E-state index in [1.807, 2.05) is 30.3 Å². The molecule has 9 heteroatoms. The molecule has 29 heavy (non-hydrogen) atoms. The number of benzene rings is 1. The number of rotatable bonds is 11. The summed E-state index contributed by atoms with van der Waals surface area (Å²) in [4.78, 5) is 58.8. The Bertz CT molecular complexity index is 734. The van der Waals surface area contributed by atoms with Crippen LogP contribution in [0.1, 0.15) is 26.3 Å². The van der Waals surface area contributed by atoms with Crippen LogP contribution < -0.4 is 21.3 Å². The lowest BCUT2D eigenvalue weighted by atomic mass is 10.0. The van der Waals surface area contributed by atoms with Crippen LogP contribution in [0.4, 0.5) is 0 Å². The topological polar surface area (TPSA) is 133 Å². The quantitative estimate of drug-likeness (QED) is 0.387. The highest BCUT2D eigenvalue weighted by Crippen LogP contribution is 2.04. The molecular formula is C20H28N4O5. The Hall–Kier alpha value is -3.23. The molecule has 9 nitrogen and oxygen atoms in total. The Morgan fingerprint density at radius 1 is 0.828 bits per heavy atom. The first-order chi connectivity index (χ1) is 13.7. The van der Waals surface area contributed by atoms with Gasteiger partial charge in [-0.1, -0.05) is 44.2 Å². The van der Waals surface area contributed by atoms with Crippen LogP contribution in [0.2, 0.25) is 0 Å². The second-order valence-electron chi connectivity index (χ2n) is 6.84. The highest BCUT2D eigenvalue weighted by atomic mass is 16.2. The van der Waals surface area contributed by atoms with Crippen LogP contribution in [0.25, 0.3) is 0 Å². The molecule has 1 aromatic rings. The fraction of sp³-hybridized carbons (Fsp3) is 0.450. The van der Waals surface area contributed by atoms with Gasteiger partial charge in [-0.05, 0) is 5.56 Å². The zero-order valence-electron chi connectivity index (χ0n) is 16.9. The van der Waals surface area contributed by atoms with E-state index >= 15 is 0 Å². The summed E-state index contributed by atoms with van der Waals surface area (Å²) in [6.07, 6.45) is 0.230. The molecular weight excluding hydrogens is 376 g/mol. The molecule has 1 rings (SSSR count). The van der Waals surface area contributed by atoms with Crippen molar-refractivity contribution in [2.75, 3.05) is 19.6 Å². The molecule has 1 atom stereocenters.